The highest BCUT2D eigenvalue weighted by atomic mass is 16.6. The maximum Gasteiger partial charge on any atom is 0.269 e. The zero-order chi connectivity index (χ0) is 29.1. The number of aromatic nitrogens is 1. The molecule has 0 unspecified atom stereocenters. The van der Waals surface area contributed by atoms with E-state index in [1.807, 2.05) is 66.1 Å². The van der Waals surface area contributed by atoms with Crippen LogP contribution in [0.15, 0.2) is 78.9 Å². The lowest BCUT2D eigenvalue weighted by molar-refractivity contribution is -0.384. The summed E-state index contributed by atoms with van der Waals surface area (Å²) < 4.78 is 12.8. The van der Waals surface area contributed by atoms with Gasteiger partial charge in [-0.3, -0.25) is 19.7 Å². The molecular formula is C31H30N4O6. The number of hydrogen-bond acceptors (Lipinski definition) is 6. The summed E-state index contributed by atoms with van der Waals surface area (Å²) in [6.07, 6.45) is 0. The number of piperazine rings is 1. The summed E-state index contributed by atoms with van der Waals surface area (Å²) in [5, 5.41) is 10.9. The van der Waals surface area contributed by atoms with Crippen molar-refractivity contribution in [3.05, 3.63) is 106 Å². The summed E-state index contributed by atoms with van der Waals surface area (Å²) in [5.74, 6) is 1.12. The molecule has 0 N–H and O–H groups in total. The molecule has 10 nitrogen and oxygen atoms in total. The smallest absolute Gasteiger partial charge is 0.269 e. The van der Waals surface area contributed by atoms with E-state index in [0.29, 0.717) is 43.1 Å². The summed E-state index contributed by atoms with van der Waals surface area (Å²) in [6, 6.07) is 22.9. The van der Waals surface area contributed by atoms with Gasteiger partial charge in [-0.05, 0) is 67.1 Å². The molecule has 0 radical (unpaired) electrons. The van der Waals surface area contributed by atoms with E-state index in [-0.39, 0.29) is 17.5 Å². The van der Waals surface area contributed by atoms with Crippen LogP contribution in [-0.4, -0.2) is 71.5 Å². The Kier molecular flexibility index (Phi) is 7.73. The van der Waals surface area contributed by atoms with Crippen LogP contribution in [0.4, 0.5) is 5.69 Å². The number of non-ortho nitro benzene ring substituents is 1. The second-order valence-corrected chi connectivity index (χ2v) is 9.68. The Morgan fingerprint density at radius 3 is 1.98 bits per heavy atom. The van der Waals surface area contributed by atoms with Crippen LogP contribution in [0.1, 0.15) is 26.4 Å². The van der Waals surface area contributed by atoms with Gasteiger partial charge in [-0.1, -0.05) is 6.07 Å². The number of nitro groups is 1. The highest BCUT2D eigenvalue weighted by Crippen LogP contribution is 2.32. The van der Waals surface area contributed by atoms with E-state index >= 15 is 0 Å². The van der Waals surface area contributed by atoms with Crippen LogP contribution in [0.3, 0.4) is 0 Å². The SMILES string of the molecule is COc1ccc(-c2cc(C(=O)N3CCN(C(=O)c4ccc([N+](=O)[O-])cc4)CC3)c(C)n2-c2cccc(OC)c2)cc1. The first kappa shape index (κ1) is 27.4. The predicted octanol–water partition coefficient (Wildman–Crippen LogP) is 4.98. The molecule has 3 aromatic carbocycles. The maximum atomic E-state index is 13.8. The summed E-state index contributed by atoms with van der Waals surface area (Å²) in [4.78, 5) is 40.6. The van der Waals surface area contributed by atoms with E-state index < -0.39 is 4.92 Å². The van der Waals surface area contributed by atoms with Crippen LogP contribution in [0.25, 0.3) is 16.9 Å². The molecule has 2 amide bonds. The van der Waals surface area contributed by atoms with Crippen molar-refractivity contribution >= 4 is 17.5 Å². The predicted molar refractivity (Wildman–Crippen MR) is 154 cm³/mol. The van der Waals surface area contributed by atoms with Gasteiger partial charge in [-0.25, -0.2) is 0 Å². The molecule has 1 fully saturated rings. The van der Waals surface area contributed by atoms with Crippen molar-refractivity contribution in [1.82, 2.24) is 14.4 Å². The van der Waals surface area contributed by atoms with Gasteiger partial charge in [0.25, 0.3) is 17.5 Å². The number of methoxy groups -OCH3 is 2. The van der Waals surface area contributed by atoms with Gasteiger partial charge in [-0.2, -0.15) is 0 Å². The Hall–Kier alpha value is -5.12. The molecule has 4 aromatic rings. The fourth-order valence-electron chi connectivity index (χ4n) is 5.07. The lowest BCUT2D eigenvalue weighted by atomic mass is 10.1. The van der Waals surface area contributed by atoms with Crippen molar-refractivity contribution in [3.63, 3.8) is 0 Å². The molecule has 0 saturated carbocycles. The first-order chi connectivity index (χ1) is 19.8. The van der Waals surface area contributed by atoms with Crippen LogP contribution < -0.4 is 9.47 Å². The molecule has 0 atom stereocenters. The third kappa shape index (κ3) is 5.49. The standard InChI is InChI=1S/C31H30N4O6/c1-21-28(31(37)33-17-15-32(16-18-33)30(36)23-7-11-24(12-8-23)35(38)39)20-29(22-9-13-26(40-2)14-10-22)34(21)25-5-4-6-27(19-25)41-3/h4-14,19-20H,15-18H2,1-3H3. The van der Waals surface area contributed by atoms with Gasteiger partial charge in [-0.15, -0.1) is 0 Å². The highest BCUT2D eigenvalue weighted by Gasteiger charge is 2.29. The van der Waals surface area contributed by atoms with E-state index in [9.17, 15) is 19.7 Å². The third-order valence-electron chi connectivity index (χ3n) is 7.35. The molecule has 1 aliphatic heterocycles. The number of nitrogens with zero attached hydrogens (tertiary/aromatic N) is 4. The number of hydrogen-bond donors (Lipinski definition) is 0. The minimum atomic E-state index is -0.498. The zero-order valence-corrected chi connectivity index (χ0v) is 23.1. The van der Waals surface area contributed by atoms with E-state index in [0.717, 1.165) is 28.4 Å². The Morgan fingerprint density at radius 1 is 0.780 bits per heavy atom. The number of benzene rings is 3. The maximum absolute atomic E-state index is 13.8. The Morgan fingerprint density at radius 2 is 1.39 bits per heavy atom. The average molecular weight is 555 g/mol. The van der Waals surface area contributed by atoms with Crippen LogP contribution in [0.2, 0.25) is 0 Å². The second-order valence-electron chi connectivity index (χ2n) is 9.68. The van der Waals surface area contributed by atoms with Gasteiger partial charge in [0, 0.05) is 61.3 Å². The zero-order valence-electron chi connectivity index (χ0n) is 23.1. The first-order valence-corrected chi connectivity index (χ1v) is 13.1. The lowest BCUT2D eigenvalue weighted by Gasteiger charge is -2.34. The summed E-state index contributed by atoms with van der Waals surface area (Å²) in [7, 11) is 3.24. The van der Waals surface area contributed by atoms with Crippen molar-refractivity contribution in [1.29, 1.82) is 0 Å². The van der Waals surface area contributed by atoms with E-state index in [1.165, 1.54) is 24.3 Å². The van der Waals surface area contributed by atoms with Gasteiger partial charge in [0.2, 0.25) is 0 Å². The molecule has 5 rings (SSSR count). The van der Waals surface area contributed by atoms with Gasteiger partial charge < -0.3 is 23.8 Å². The van der Waals surface area contributed by atoms with Crippen molar-refractivity contribution in [2.75, 3.05) is 40.4 Å². The molecule has 41 heavy (non-hydrogen) atoms. The summed E-state index contributed by atoms with van der Waals surface area (Å²) in [6.45, 7) is 3.40. The Labute approximate surface area is 237 Å². The minimum Gasteiger partial charge on any atom is -0.497 e. The summed E-state index contributed by atoms with van der Waals surface area (Å²) in [5.41, 5.74) is 4.33. The second kappa shape index (κ2) is 11.5. The third-order valence-corrected chi connectivity index (χ3v) is 7.35. The van der Waals surface area contributed by atoms with Gasteiger partial charge in [0.15, 0.2) is 0 Å². The van der Waals surface area contributed by atoms with Gasteiger partial charge >= 0.3 is 0 Å². The van der Waals surface area contributed by atoms with E-state index in [4.69, 9.17) is 9.47 Å². The number of carbonyl (C=O) groups is 2. The van der Waals surface area contributed by atoms with Crippen LogP contribution in [-0.2, 0) is 0 Å². The Bertz CT molecular complexity index is 1590. The molecule has 10 heteroatoms. The van der Waals surface area contributed by atoms with E-state index in [1.54, 1.807) is 24.0 Å². The number of carbonyl (C=O) groups excluding carboxylic acids is 2. The highest BCUT2D eigenvalue weighted by molar-refractivity contribution is 5.98. The topological polar surface area (TPSA) is 107 Å². The van der Waals surface area contributed by atoms with Crippen LogP contribution >= 0.6 is 0 Å². The molecule has 1 aliphatic rings. The lowest BCUT2D eigenvalue weighted by Crippen LogP contribution is -2.50. The van der Waals surface area contributed by atoms with Crippen molar-refractivity contribution in [2.24, 2.45) is 0 Å². The molecule has 2 heterocycles. The van der Waals surface area contributed by atoms with Crippen molar-refractivity contribution in [3.8, 4) is 28.4 Å². The Balaban J connectivity index is 1.40. The molecule has 1 saturated heterocycles. The van der Waals surface area contributed by atoms with Crippen molar-refractivity contribution in [2.45, 2.75) is 6.92 Å². The van der Waals surface area contributed by atoms with Crippen LogP contribution in [0.5, 0.6) is 11.5 Å². The molecule has 0 aliphatic carbocycles. The quantitative estimate of drug-likeness (QED) is 0.236. The number of rotatable bonds is 7. The molecule has 1 aromatic heterocycles. The average Bonchev–Trinajstić information content (AvgIpc) is 3.37. The molecular weight excluding hydrogens is 524 g/mol. The monoisotopic (exact) mass is 554 g/mol. The number of amides is 2. The summed E-state index contributed by atoms with van der Waals surface area (Å²) >= 11 is 0. The van der Waals surface area contributed by atoms with Gasteiger partial charge in [0.1, 0.15) is 11.5 Å². The molecule has 210 valence electrons. The van der Waals surface area contributed by atoms with E-state index in [2.05, 4.69) is 0 Å². The largest absolute Gasteiger partial charge is 0.497 e. The molecule has 0 bridgehead atoms. The first-order valence-electron chi connectivity index (χ1n) is 13.1. The van der Waals surface area contributed by atoms with Gasteiger partial charge in [0.05, 0.1) is 30.4 Å². The number of nitro benzene ring substituents is 1. The fourth-order valence-corrected chi connectivity index (χ4v) is 5.07. The van der Waals surface area contributed by atoms with Crippen LogP contribution in [0, 0.1) is 17.0 Å². The number of ether oxygens (including phenoxy) is 2. The molecule has 0 spiro atoms. The normalized spacial score (nSPS) is 13.1. The minimum absolute atomic E-state index is 0.0674. The van der Waals surface area contributed by atoms with Crippen molar-refractivity contribution < 1.29 is 24.0 Å². The fraction of sp³-hybridized carbons (Fsp3) is 0.226.